The number of piperazine rings is 1. The zero-order chi connectivity index (χ0) is 14.4. The average molecular weight is 337 g/mol. The summed E-state index contributed by atoms with van der Waals surface area (Å²) in [6, 6.07) is 8.75. The molecule has 1 heterocycles. The predicted octanol–water partition coefficient (Wildman–Crippen LogP) is 3.80. The summed E-state index contributed by atoms with van der Waals surface area (Å²) in [6.07, 6.45) is 2.80. The molecule has 2 aliphatic rings. The van der Waals surface area contributed by atoms with Gasteiger partial charge >= 0.3 is 0 Å². The third-order valence-corrected chi connectivity index (χ3v) is 5.59. The van der Waals surface area contributed by atoms with E-state index in [4.69, 9.17) is 0 Å². The first-order valence-electron chi connectivity index (χ1n) is 7.64. The van der Waals surface area contributed by atoms with Crippen molar-refractivity contribution >= 4 is 15.9 Å². The minimum absolute atomic E-state index is 0.224. The van der Waals surface area contributed by atoms with Crippen molar-refractivity contribution in [2.24, 2.45) is 5.92 Å². The van der Waals surface area contributed by atoms with E-state index in [2.05, 4.69) is 71.2 Å². The van der Waals surface area contributed by atoms with Crippen molar-refractivity contribution in [3.05, 3.63) is 34.3 Å². The Kier molecular flexibility index (Phi) is 3.72. The molecular formula is C17H25BrN2. The first-order valence-corrected chi connectivity index (χ1v) is 8.43. The summed E-state index contributed by atoms with van der Waals surface area (Å²) in [5.41, 5.74) is 1.94. The fourth-order valence-corrected chi connectivity index (χ4v) is 3.53. The van der Waals surface area contributed by atoms with Gasteiger partial charge in [0.15, 0.2) is 0 Å². The van der Waals surface area contributed by atoms with Crippen LogP contribution in [0.3, 0.4) is 0 Å². The molecule has 2 fully saturated rings. The van der Waals surface area contributed by atoms with Crippen molar-refractivity contribution in [1.29, 1.82) is 0 Å². The second-order valence-corrected chi connectivity index (χ2v) is 8.26. The van der Waals surface area contributed by atoms with E-state index in [-0.39, 0.29) is 5.54 Å². The maximum absolute atomic E-state index is 3.82. The summed E-state index contributed by atoms with van der Waals surface area (Å²) < 4.78 is 1.16. The minimum atomic E-state index is 0.224. The number of nitrogens with zero attached hydrogens (tertiary/aromatic N) is 1. The normalized spacial score (nSPS) is 30.4. The molecule has 1 saturated carbocycles. The molecular weight excluding hydrogens is 312 g/mol. The Morgan fingerprint density at radius 2 is 1.85 bits per heavy atom. The first kappa shape index (κ1) is 14.6. The molecule has 110 valence electrons. The molecule has 0 aromatic heterocycles. The van der Waals surface area contributed by atoms with Gasteiger partial charge in [0.05, 0.1) is 0 Å². The largest absolute Gasteiger partial charge is 0.308 e. The van der Waals surface area contributed by atoms with Crippen molar-refractivity contribution in [3.63, 3.8) is 0 Å². The van der Waals surface area contributed by atoms with Crippen molar-refractivity contribution < 1.29 is 0 Å². The molecule has 1 aliphatic carbocycles. The van der Waals surface area contributed by atoms with Crippen molar-refractivity contribution in [3.8, 4) is 0 Å². The van der Waals surface area contributed by atoms with Gasteiger partial charge in [-0.25, -0.2) is 0 Å². The Morgan fingerprint density at radius 1 is 1.20 bits per heavy atom. The van der Waals surface area contributed by atoms with Crippen LogP contribution in [-0.2, 0) is 6.54 Å². The number of halogens is 1. The quantitative estimate of drug-likeness (QED) is 0.902. The zero-order valence-electron chi connectivity index (χ0n) is 12.7. The lowest BCUT2D eigenvalue weighted by Gasteiger charge is -2.51. The third-order valence-electron chi connectivity index (χ3n) is 5.07. The predicted molar refractivity (Wildman–Crippen MR) is 87.8 cm³/mol. The monoisotopic (exact) mass is 336 g/mol. The van der Waals surface area contributed by atoms with Crippen LogP contribution in [0.25, 0.3) is 0 Å². The van der Waals surface area contributed by atoms with Crippen molar-refractivity contribution in [1.82, 2.24) is 10.2 Å². The van der Waals surface area contributed by atoms with Gasteiger partial charge < -0.3 is 5.32 Å². The van der Waals surface area contributed by atoms with Crippen LogP contribution in [0.5, 0.6) is 0 Å². The van der Waals surface area contributed by atoms with E-state index in [0.29, 0.717) is 5.54 Å². The van der Waals surface area contributed by atoms with Crippen molar-refractivity contribution in [2.45, 2.75) is 51.2 Å². The van der Waals surface area contributed by atoms with E-state index in [9.17, 15) is 0 Å². The topological polar surface area (TPSA) is 15.3 Å². The van der Waals surface area contributed by atoms with Crippen LogP contribution in [0.15, 0.2) is 28.7 Å². The van der Waals surface area contributed by atoms with Crippen LogP contribution in [0.1, 0.15) is 39.2 Å². The Labute approximate surface area is 131 Å². The molecule has 1 atom stereocenters. The Morgan fingerprint density at radius 3 is 2.45 bits per heavy atom. The van der Waals surface area contributed by atoms with E-state index in [1.807, 2.05) is 0 Å². The zero-order valence-corrected chi connectivity index (χ0v) is 14.3. The van der Waals surface area contributed by atoms with Gasteiger partial charge in [-0.15, -0.1) is 0 Å². The number of benzene rings is 1. The molecule has 3 rings (SSSR count). The van der Waals surface area contributed by atoms with E-state index >= 15 is 0 Å². The molecule has 1 aliphatic heterocycles. The lowest BCUT2D eigenvalue weighted by Crippen LogP contribution is -2.67. The molecule has 0 spiro atoms. The molecule has 1 saturated heterocycles. The summed E-state index contributed by atoms with van der Waals surface area (Å²) >= 11 is 3.51. The van der Waals surface area contributed by atoms with Crippen LogP contribution >= 0.6 is 15.9 Å². The molecule has 0 bridgehead atoms. The van der Waals surface area contributed by atoms with Gasteiger partial charge in [0.1, 0.15) is 0 Å². The highest BCUT2D eigenvalue weighted by Crippen LogP contribution is 2.42. The standard InChI is InChI=1S/C17H25BrN2/c1-16(2)11-19-17(3,14-6-7-14)12-20(16)10-13-4-8-15(18)9-5-13/h4-5,8-9,14,19H,6-7,10-12H2,1-3H3. The van der Waals surface area contributed by atoms with Gasteiger partial charge in [-0.3, -0.25) is 4.90 Å². The average Bonchev–Trinajstić information content (AvgIpc) is 3.22. The summed E-state index contributed by atoms with van der Waals surface area (Å²) in [4.78, 5) is 2.66. The minimum Gasteiger partial charge on any atom is -0.308 e. The number of hydrogen-bond donors (Lipinski definition) is 1. The van der Waals surface area contributed by atoms with Crippen LogP contribution in [0.4, 0.5) is 0 Å². The highest BCUT2D eigenvalue weighted by atomic mass is 79.9. The maximum Gasteiger partial charge on any atom is 0.0309 e. The van der Waals surface area contributed by atoms with E-state index in [1.165, 1.54) is 18.4 Å². The molecule has 1 N–H and O–H groups in total. The SMILES string of the molecule is CC1(C2CC2)CN(Cc2ccc(Br)cc2)C(C)(C)CN1. The van der Waals surface area contributed by atoms with E-state index in [1.54, 1.807) is 0 Å². The summed E-state index contributed by atoms with van der Waals surface area (Å²) in [5, 5.41) is 3.82. The van der Waals surface area contributed by atoms with Crippen LogP contribution in [0, 0.1) is 5.92 Å². The number of nitrogens with one attached hydrogen (secondary N) is 1. The summed E-state index contributed by atoms with van der Waals surface area (Å²) in [7, 11) is 0. The summed E-state index contributed by atoms with van der Waals surface area (Å²) in [6.45, 7) is 10.4. The maximum atomic E-state index is 3.82. The van der Waals surface area contributed by atoms with Gasteiger partial charge in [0, 0.05) is 35.2 Å². The van der Waals surface area contributed by atoms with Gasteiger partial charge in [-0.2, -0.15) is 0 Å². The van der Waals surface area contributed by atoms with Gasteiger partial charge in [0.2, 0.25) is 0 Å². The van der Waals surface area contributed by atoms with Crippen LogP contribution in [-0.4, -0.2) is 29.1 Å². The Hall–Kier alpha value is -0.380. The molecule has 20 heavy (non-hydrogen) atoms. The highest BCUT2D eigenvalue weighted by Gasteiger charge is 2.47. The second kappa shape index (κ2) is 5.11. The molecule has 1 aromatic rings. The third kappa shape index (κ3) is 2.95. The molecule has 0 amide bonds. The second-order valence-electron chi connectivity index (χ2n) is 7.34. The molecule has 2 nitrogen and oxygen atoms in total. The molecule has 1 unspecified atom stereocenters. The van der Waals surface area contributed by atoms with Gasteiger partial charge in [-0.05, 0) is 57.2 Å². The highest BCUT2D eigenvalue weighted by molar-refractivity contribution is 9.10. The number of hydrogen-bond acceptors (Lipinski definition) is 2. The van der Waals surface area contributed by atoms with Crippen molar-refractivity contribution in [2.75, 3.05) is 13.1 Å². The number of rotatable bonds is 3. The molecule has 3 heteroatoms. The summed E-state index contributed by atoms with van der Waals surface area (Å²) in [5.74, 6) is 0.881. The molecule has 0 radical (unpaired) electrons. The van der Waals surface area contributed by atoms with E-state index in [0.717, 1.165) is 30.0 Å². The Balaban J connectivity index is 1.75. The lowest BCUT2D eigenvalue weighted by molar-refractivity contribution is 0.0178. The van der Waals surface area contributed by atoms with Gasteiger partial charge in [0.25, 0.3) is 0 Å². The van der Waals surface area contributed by atoms with Crippen LogP contribution < -0.4 is 5.32 Å². The van der Waals surface area contributed by atoms with Gasteiger partial charge in [-0.1, -0.05) is 28.1 Å². The first-order chi connectivity index (χ1) is 9.39. The smallest absolute Gasteiger partial charge is 0.0309 e. The fraction of sp³-hybridized carbons (Fsp3) is 0.647. The van der Waals surface area contributed by atoms with Crippen LogP contribution in [0.2, 0.25) is 0 Å². The lowest BCUT2D eigenvalue weighted by atomic mass is 9.86. The fourth-order valence-electron chi connectivity index (χ4n) is 3.27. The van der Waals surface area contributed by atoms with E-state index < -0.39 is 0 Å². The molecule has 1 aromatic carbocycles. The Bertz CT molecular complexity index is 478.